The number of ether oxygens (including phenoxy) is 1. The van der Waals surface area contributed by atoms with Gasteiger partial charge >= 0.3 is 6.09 Å². The molecule has 1 heterocycles. The van der Waals surface area contributed by atoms with Crippen molar-refractivity contribution >= 4 is 6.09 Å². The maximum Gasteiger partial charge on any atom is 0.408 e. The molecule has 0 spiro atoms. The quantitative estimate of drug-likeness (QED) is 0.927. The first kappa shape index (κ1) is 15.9. The number of rotatable bonds is 3. The van der Waals surface area contributed by atoms with Crippen molar-refractivity contribution in [3.8, 4) is 0 Å². The lowest BCUT2D eigenvalue weighted by molar-refractivity contribution is 0.0446. The molecule has 0 unspecified atom stereocenters. The van der Waals surface area contributed by atoms with Crippen molar-refractivity contribution in [1.29, 1.82) is 0 Å². The Kier molecular flexibility index (Phi) is 4.30. The number of carbonyl (C=O) groups is 1. The van der Waals surface area contributed by atoms with Crippen molar-refractivity contribution in [2.75, 3.05) is 0 Å². The normalized spacial score (nSPS) is 19.3. The minimum absolute atomic E-state index is 0.0469. The number of aryl methyl sites for hydroxylation is 1. The first-order valence-corrected chi connectivity index (χ1v) is 7.69. The maximum atomic E-state index is 12.2. The number of alkyl carbamates (subject to hydrolysis) is 1. The Bertz CT molecular complexity index is 496. The fraction of sp³-hybridized carbons (Fsp3) is 0.750. The second-order valence-electron chi connectivity index (χ2n) is 7.35. The van der Waals surface area contributed by atoms with Gasteiger partial charge in [0.05, 0.1) is 11.7 Å². The Morgan fingerprint density at radius 3 is 2.52 bits per heavy atom. The second kappa shape index (κ2) is 5.70. The predicted molar refractivity (Wildman–Crippen MR) is 81.9 cm³/mol. The Morgan fingerprint density at radius 2 is 2.05 bits per heavy atom. The molecule has 1 aliphatic rings. The van der Waals surface area contributed by atoms with Crippen LogP contribution in [0.5, 0.6) is 0 Å². The molecular formula is C16H27N3O2. The average Bonchev–Trinajstić information content (AvgIpc) is 2.94. The highest BCUT2D eigenvalue weighted by molar-refractivity contribution is 5.68. The third-order valence-corrected chi connectivity index (χ3v) is 4.13. The van der Waals surface area contributed by atoms with Crippen molar-refractivity contribution in [3.63, 3.8) is 0 Å². The topological polar surface area (TPSA) is 56.2 Å². The molecule has 1 amide bonds. The lowest BCUT2D eigenvalue weighted by Gasteiger charge is -2.34. The fourth-order valence-electron chi connectivity index (χ4n) is 3.09. The van der Waals surface area contributed by atoms with E-state index in [2.05, 4.69) is 17.3 Å². The van der Waals surface area contributed by atoms with Crippen LogP contribution in [0, 0.1) is 5.41 Å². The van der Waals surface area contributed by atoms with Crippen LogP contribution >= 0.6 is 0 Å². The van der Waals surface area contributed by atoms with Gasteiger partial charge in [-0.3, -0.25) is 4.68 Å². The summed E-state index contributed by atoms with van der Waals surface area (Å²) in [5, 5.41) is 7.55. The molecule has 0 aliphatic heterocycles. The molecule has 21 heavy (non-hydrogen) atoms. The highest BCUT2D eigenvalue weighted by Crippen LogP contribution is 2.46. The third-order valence-electron chi connectivity index (χ3n) is 4.13. The molecule has 1 atom stereocenters. The zero-order valence-corrected chi connectivity index (χ0v) is 13.8. The average molecular weight is 293 g/mol. The van der Waals surface area contributed by atoms with Gasteiger partial charge in [-0.05, 0) is 45.1 Å². The lowest BCUT2D eigenvalue weighted by atomic mass is 9.79. The van der Waals surface area contributed by atoms with E-state index in [1.165, 1.54) is 12.8 Å². The molecule has 1 aliphatic carbocycles. The van der Waals surface area contributed by atoms with Gasteiger partial charge in [0.1, 0.15) is 5.60 Å². The molecule has 5 heteroatoms. The first-order chi connectivity index (χ1) is 9.70. The number of nitrogens with zero attached hydrogens (tertiary/aromatic N) is 2. The monoisotopic (exact) mass is 293 g/mol. The second-order valence-corrected chi connectivity index (χ2v) is 7.35. The molecule has 1 N–H and O–H groups in total. The molecular weight excluding hydrogens is 266 g/mol. The molecule has 1 aromatic heterocycles. The van der Waals surface area contributed by atoms with Gasteiger partial charge in [-0.15, -0.1) is 0 Å². The summed E-state index contributed by atoms with van der Waals surface area (Å²) in [6, 6.07) is 1.88. The van der Waals surface area contributed by atoms with E-state index in [-0.39, 0.29) is 17.6 Å². The summed E-state index contributed by atoms with van der Waals surface area (Å²) < 4.78 is 7.19. The molecule has 0 bridgehead atoms. The maximum absolute atomic E-state index is 12.2. The molecule has 0 saturated heterocycles. The molecule has 1 fully saturated rings. The van der Waals surface area contributed by atoms with Gasteiger partial charge in [0.15, 0.2) is 0 Å². The van der Waals surface area contributed by atoms with Gasteiger partial charge in [0.2, 0.25) is 0 Å². The molecule has 0 radical (unpaired) electrons. The van der Waals surface area contributed by atoms with E-state index in [0.717, 1.165) is 18.5 Å². The molecule has 118 valence electrons. The summed E-state index contributed by atoms with van der Waals surface area (Å²) in [7, 11) is 1.89. The van der Waals surface area contributed by atoms with Crippen molar-refractivity contribution < 1.29 is 9.53 Å². The highest BCUT2D eigenvalue weighted by Gasteiger charge is 2.40. The zero-order valence-electron chi connectivity index (χ0n) is 13.8. The summed E-state index contributed by atoms with van der Waals surface area (Å²) in [6.07, 6.45) is 6.16. The first-order valence-electron chi connectivity index (χ1n) is 7.69. The largest absolute Gasteiger partial charge is 0.444 e. The van der Waals surface area contributed by atoms with Crippen LogP contribution in [0.25, 0.3) is 0 Å². The molecule has 1 saturated carbocycles. The number of amides is 1. The van der Waals surface area contributed by atoms with Crippen LogP contribution in [0.1, 0.15) is 65.1 Å². The van der Waals surface area contributed by atoms with Crippen LogP contribution in [0.15, 0.2) is 12.3 Å². The summed E-state index contributed by atoms with van der Waals surface area (Å²) in [4.78, 5) is 12.2. The Morgan fingerprint density at radius 1 is 1.43 bits per heavy atom. The van der Waals surface area contributed by atoms with E-state index < -0.39 is 5.60 Å². The fourth-order valence-corrected chi connectivity index (χ4v) is 3.09. The van der Waals surface area contributed by atoms with Crippen molar-refractivity contribution in [2.24, 2.45) is 12.5 Å². The van der Waals surface area contributed by atoms with Gasteiger partial charge < -0.3 is 10.1 Å². The van der Waals surface area contributed by atoms with Crippen LogP contribution in [0.3, 0.4) is 0 Å². The summed E-state index contributed by atoms with van der Waals surface area (Å²) in [6.45, 7) is 7.86. The van der Waals surface area contributed by atoms with Crippen molar-refractivity contribution in [1.82, 2.24) is 15.1 Å². The van der Waals surface area contributed by atoms with Crippen LogP contribution in [-0.4, -0.2) is 21.5 Å². The minimum atomic E-state index is -0.491. The Labute approximate surface area is 127 Å². The van der Waals surface area contributed by atoms with E-state index in [4.69, 9.17) is 4.74 Å². The van der Waals surface area contributed by atoms with Gasteiger partial charge in [-0.2, -0.15) is 5.10 Å². The summed E-state index contributed by atoms with van der Waals surface area (Å²) in [5.41, 5.74) is 0.466. The van der Waals surface area contributed by atoms with Crippen molar-refractivity contribution in [2.45, 2.75) is 65.0 Å². The van der Waals surface area contributed by atoms with Crippen molar-refractivity contribution in [3.05, 3.63) is 18.0 Å². The van der Waals surface area contributed by atoms with E-state index in [0.29, 0.717) is 0 Å². The van der Waals surface area contributed by atoms with Crippen LogP contribution < -0.4 is 5.32 Å². The number of carbonyl (C=O) groups excluding carboxylic acids is 1. The number of hydrogen-bond donors (Lipinski definition) is 1. The lowest BCUT2D eigenvalue weighted by Crippen LogP contribution is -2.41. The minimum Gasteiger partial charge on any atom is -0.444 e. The number of nitrogens with one attached hydrogen (secondary N) is 1. The van der Waals surface area contributed by atoms with E-state index in [9.17, 15) is 4.79 Å². The summed E-state index contributed by atoms with van der Waals surface area (Å²) >= 11 is 0. The van der Waals surface area contributed by atoms with Crippen LogP contribution in [-0.2, 0) is 11.8 Å². The zero-order chi connectivity index (χ0) is 15.7. The smallest absolute Gasteiger partial charge is 0.408 e. The highest BCUT2D eigenvalue weighted by atomic mass is 16.6. The predicted octanol–water partition coefficient (Wildman–Crippen LogP) is 3.57. The molecule has 0 aromatic carbocycles. The van der Waals surface area contributed by atoms with E-state index >= 15 is 0 Å². The number of aromatic nitrogens is 2. The van der Waals surface area contributed by atoms with Gasteiger partial charge in [0.25, 0.3) is 0 Å². The Balaban J connectivity index is 2.18. The SMILES string of the molecule is Cn1ccc([C@H](NC(=O)OC(C)(C)C)C2(C)CCCC2)n1. The van der Waals surface area contributed by atoms with Crippen LogP contribution in [0.2, 0.25) is 0 Å². The van der Waals surface area contributed by atoms with Gasteiger partial charge in [-0.1, -0.05) is 19.8 Å². The third kappa shape index (κ3) is 3.99. The standard InChI is InChI=1S/C16H27N3O2/c1-15(2,3)21-14(20)17-13(12-8-11-19(5)18-12)16(4)9-6-7-10-16/h8,11,13H,6-7,9-10H2,1-5H3,(H,17,20)/t13-/m0/s1. The van der Waals surface area contributed by atoms with Gasteiger partial charge in [-0.25, -0.2) is 4.79 Å². The molecule has 2 rings (SSSR count). The summed E-state index contributed by atoms with van der Waals surface area (Å²) in [5.74, 6) is 0. The van der Waals surface area contributed by atoms with Crippen LogP contribution in [0.4, 0.5) is 4.79 Å². The van der Waals surface area contributed by atoms with Gasteiger partial charge in [0, 0.05) is 13.2 Å². The Hall–Kier alpha value is -1.52. The van der Waals surface area contributed by atoms with E-state index in [1.807, 2.05) is 40.1 Å². The number of hydrogen-bond acceptors (Lipinski definition) is 3. The molecule has 5 nitrogen and oxygen atoms in total. The van der Waals surface area contributed by atoms with E-state index in [1.54, 1.807) is 4.68 Å². The molecule has 1 aromatic rings.